The average molecular weight is 316 g/mol. The Morgan fingerprint density at radius 1 is 0.708 bits per heavy atom. The van der Waals surface area contributed by atoms with Gasteiger partial charge in [-0.1, -0.05) is 36.4 Å². The van der Waals surface area contributed by atoms with Crippen LogP contribution in [0.2, 0.25) is 0 Å². The monoisotopic (exact) mass is 316 g/mol. The molecule has 1 aliphatic heterocycles. The molecule has 0 unspecified atom stereocenters. The number of rotatable bonds is 1. The van der Waals surface area contributed by atoms with Gasteiger partial charge in [-0.3, -0.25) is 0 Å². The second-order valence-corrected chi connectivity index (χ2v) is 7.18. The van der Waals surface area contributed by atoms with Crippen molar-refractivity contribution in [3.05, 3.63) is 53.6 Å². The van der Waals surface area contributed by atoms with Crippen molar-refractivity contribution in [1.82, 2.24) is 5.32 Å². The third kappa shape index (κ3) is 2.21. The molecule has 24 heavy (non-hydrogen) atoms. The fourth-order valence-corrected chi connectivity index (χ4v) is 4.59. The lowest BCUT2D eigenvalue weighted by molar-refractivity contribution is 0.590. The van der Waals surface area contributed by atoms with E-state index in [4.69, 9.17) is 0 Å². The minimum Gasteiger partial charge on any atom is -0.368 e. The Kier molecular flexibility index (Phi) is 3.45. The largest absolute Gasteiger partial charge is 0.368 e. The van der Waals surface area contributed by atoms with Gasteiger partial charge < -0.3 is 10.2 Å². The smallest absolute Gasteiger partial charge is 0.0447 e. The molecule has 1 fully saturated rings. The number of anilines is 1. The van der Waals surface area contributed by atoms with Crippen LogP contribution in [0, 0.1) is 0 Å². The predicted octanol–water partition coefficient (Wildman–Crippen LogP) is 4.28. The summed E-state index contributed by atoms with van der Waals surface area (Å²) >= 11 is 0. The van der Waals surface area contributed by atoms with Crippen LogP contribution in [0.25, 0.3) is 21.5 Å². The zero-order chi connectivity index (χ0) is 15.9. The van der Waals surface area contributed by atoms with Gasteiger partial charge in [0.25, 0.3) is 0 Å². The summed E-state index contributed by atoms with van der Waals surface area (Å²) in [4.78, 5) is 2.53. The van der Waals surface area contributed by atoms with Gasteiger partial charge >= 0.3 is 0 Å². The van der Waals surface area contributed by atoms with Crippen molar-refractivity contribution in [3.63, 3.8) is 0 Å². The van der Waals surface area contributed by atoms with Crippen LogP contribution in [-0.2, 0) is 12.8 Å². The summed E-state index contributed by atoms with van der Waals surface area (Å²) in [5, 5.41) is 9.19. The number of hydrogen-bond acceptors (Lipinski definition) is 2. The molecule has 1 N–H and O–H groups in total. The van der Waals surface area contributed by atoms with Gasteiger partial charge in [-0.2, -0.15) is 0 Å². The fraction of sp³-hybridized carbons (Fsp3) is 0.364. The van der Waals surface area contributed by atoms with Crippen LogP contribution < -0.4 is 10.2 Å². The summed E-state index contributed by atoms with van der Waals surface area (Å²) in [7, 11) is 0. The van der Waals surface area contributed by atoms with Gasteiger partial charge in [-0.05, 0) is 59.0 Å². The second-order valence-electron chi connectivity index (χ2n) is 7.18. The number of aryl methyl sites for hydroxylation is 2. The summed E-state index contributed by atoms with van der Waals surface area (Å²) < 4.78 is 0. The molecule has 0 amide bonds. The Morgan fingerprint density at radius 2 is 1.46 bits per heavy atom. The highest BCUT2D eigenvalue weighted by Gasteiger charge is 2.16. The number of fused-ring (bicyclic) bond motifs is 5. The molecule has 2 nitrogen and oxygen atoms in total. The molecule has 122 valence electrons. The van der Waals surface area contributed by atoms with Gasteiger partial charge in [-0.15, -0.1) is 0 Å². The highest BCUT2D eigenvalue weighted by Crippen LogP contribution is 2.36. The van der Waals surface area contributed by atoms with Crippen LogP contribution in [0.15, 0.2) is 42.5 Å². The number of nitrogens with one attached hydrogen (secondary N) is 1. The molecule has 0 aromatic heterocycles. The molecule has 2 aliphatic rings. The van der Waals surface area contributed by atoms with Gasteiger partial charge in [0.15, 0.2) is 0 Å². The molecule has 0 radical (unpaired) electrons. The molecule has 1 aliphatic carbocycles. The first-order valence-corrected chi connectivity index (χ1v) is 9.34. The number of nitrogens with zero attached hydrogens (tertiary/aromatic N) is 1. The quantitative estimate of drug-likeness (QED) is 0.674. The summed E-state index contributed by atoms with van der Waals surface area (Å²) in [5.74, 6) is 0. The van der Waals surface area contributed by atoms with E-state index in [0.717, 1.165) is 26.2 Å². The van der Waals surface area contributed by atoms with Gasteiger partial charge in [-0.25, -0.2) is 0 Å². The van der Waals surface area contributed by atoms with Crippen molar-refractivity contribution in [2.24, 2.45) is 0 Å². The Labute approximate surface area is 143 Å². The van der Waals surface area contributed by atoms with Crippen molar-refractivity contribution in [3.8, 4) is 0 Å². The Hall–Kier alpha value is -2.06. The maximum atomic E-state index is 3.45. The maximum Gasteiger partial charge on any atom is 0.0447 e. The molecule has 1 saturated heterocycles. The Bertz CT molecular complexity index is 907. The molecular weight excluding hydrogens is 292 g/mol. The van der Waals surface area contributed by atoms with E-state index in [0.29, 0.717) is 0 Å². The maximum absolute atomic E-state index is 3.45. The predicted molar refractivity (Wildman–Crippen MR) is 103 cm³/mol. The Balaban J connectivity index is 1.73. The first-order chi connectivity index (χ1) is 11.9. The zero-order valence-corrected chi connectivity index (χ0v) is 14.1. The van der Waals surface area contributed by atoms with Gasteiger partial charge in [0, 0.05) is 37.3 Å². The highest BCUT2D eigenvalue weighted by molar-refractivity contribution is 6.12. The second kappa shape index (κ2) is 5.78. The van der Waals surface area contributed by atoms with Crippen molar-refractivity contribution in [2.45, 2.75) is 25.7 Å². The number of hydrogen-bond donors (Lipinski definition) is 1. The zero-order valence-electron chi connectivity index (χ0n) is 14.1. The number of benzene rings is 3. The van der Waals surface area contributed by atoms with Crippen LogP contribution in [-0.4, -0.2) is 26.2 Å². The van der Waals surface area contributed by atoms with E-state index in [-0.39, 0.29) is 0 Å². The van der Waals surface area contributed by atoms with Crippen LogP contribution >= 0.6 is 0 Å². The minimum atomic E-state index is 1.08. The molecule has 0 atom stereocenters. The van der Waals surface area contributed by atoms with Gasteiger partial charge in [0.05, 0.1) is 0 Å². The lowest BCUT2D eigenvalue weighted by atomic mass is 9.86. The molecule has 0 bridgehead atoms. The molecular formula is C22H24N2. The molecule has 3 aromatic carbocycles. The van der Waals surface area contributed by atoms with Crippen LogP contribution in [0.4, 0.5) is 5.69 Å². The standard InChI is InChI=1S/C22H24N2/c1-2-5-17-16(4-1)8-9-20-18-6-3-7-22(21(18)11-10-19(17)20)24-14-12-23-13-15-24/h3,6-11,23H,1-2,4-5,12-15H2. The summed E-state index contributed by atoms with van der Waals surface area (Å²) in [6.45, 7) is 4.36. The lowest BCUT2D eigenvalue weighted by Gasteiger charge is -2.30. The molecule has 3 aromatic rings. The number of piperazine rings is 1. The van der Waals surface area contributed by atoms with Crippen molar-refractivity contribution in [1.29, 1.82) is 0 Å². The van der Waals surface area contributed by atoms with Crippen molar-refractivity contribution >= 4 is 27.2 Å². The van der Waals surface area contributed by atoms with E-state index in [9.17, 15) is 0 Å². The van der Waals surface area contributed by atoms with Crippen molar-refractivity contribution < 1.29 is 0 Å². The molecule has 2 heteroatoms. The van der Waals surface area contributed by atoms with E-state index in [1.807, 2.05) is 0 Å². The molecule has 0 spiro atoms. The van der Waals surface area contributed by atoms with Gasteiger partial charge in [0.1, 0.15) is 0 Å². The SMILES string of the molecule is c1cc(N2CCNCC2)c2ccc3c4c(ccc3c2c1)CCCC4. The van der Waals surface area contributed by atoms with E-state index in [2.05, 4.69) is 52.7 Å². The van der Waals surface area contributed by atoms with E-state index in [1.54, 1.807) is 11.1 Å². The summed E-state index contributed by atoms with van der Waals surface area (Å²) in [6, 6.07) is 16.3. The van der Waals surface area contributed by atoms with E-state index < -0.39 is 0 Å². The normalized spacial score (nSPS) is 18.1. The molecule has 0 saturated carbocycles. The summed E-state index contributed by atoms with van der Waals surface area (Å²) in [5.41, 5.74) is 4.58. The lowest BCUT2D eigenvalue weighted by Crippen LogP contribution is -2.43. The van der Waals surface area contributed by atoms with Crippen LogP contribution in [0.3, 0.4) is 0 Å². The van der Waals surface area contributed by atoms with E-state index in [1.165, 1.54) is 52.9 Å². The first kappa shape index (κ1) is 14.3. The van der Waals surface area contributed by atoms with Crippen LogP contribution in [0.1, 0.15) is 24.0 Å². The minimum absolute atomic E-state index is 1.08. The third-order valence-corrected chi connectivity index (χ3v) is 5.82. The van der Waals surface area contributed by atoms with Crippen molar-refractivity contribution in [2.75, 3.05) is 31.1 Å². The van der Waals surface area contributed by atoms with Gasteiger partial charge in [0.2, 0.25) is 0 Å². The Morgan fingerprint density at radius 3 is 2.38 bits per heavy atom. The fourth-order valence-electron chi connectivity index (χ4n) is 4.59. The highest BCUT2D eigenvalue weighted by atomic mass is 15.2. The molecule has 1 heterocycles. The topological polar surface area (TPSA) is 15.3 Å². The summed E-state index contributed by atoms with van der Waals surface area (Å²) in [6.07, 6.45) is 5.18. The van der Waals surface area contributed by atoms with E-state index >= 15 is 0 Å². The molecule has 5 rings (SSSR count). The first-order valence-electron chi connectivity index (χ1n) is 9.34. The van der Waals surface area contributed by atoms with Crippen LogP contribution in [0.5, 0.6) is 0 Å². The average Bonchev–Trinajstić information content (AvgIpc) is 2.67. The third-order valence-electron chi connectivity index (χ3n) is 5.82.